The van der Waals surface area contributed by atoms with Crippen LogP contribution in [0.2, 0.25) is 0 Å². The van der Waals surface area contributed by atoms with Crippen LogP contribution in [-0.4, -0.2) is 5.97 Å². The first kappa shape index (κ1) is 14.3. The van der Waals surface area contributed by atoms with Crippen LogP contribution in [0, 0.1) is 0 Å². The number of benzene rings is 2. The number of ether oxygens (including phenoxy) is 1. The first-order chi connectivity index (χ1) is 11.7. The lowest BCUT2D eigenvalue weighted by molar-refractivity contribution is 0.0437. The van der Waals surface area contributed by atoms with Crippen LogP contribution >= 0.6 is 0 Å². The average Bonchev–Trinajstić information content (AvgIpc) is 3.13. The van der Waals surface area contributed by atoms with E-state index in [2.05, 4.69) is 0 Å². The van der Waals surface area contributed by atoms with Gasteiger partial charge in [0.25, 0.3) is 0 Å². The third-order valence-corrected chi connectivity index (χ3v) is 3.80. The van der Waals surface area contributed by atoms with Crippen molar-refractivity contribution in [2.24, 2.45) is 0 Å². The molecule has 4 aromatic rings. The molecule has 0 radical (unpaired) electrons. The molecule has 2 aromatic carbocycles. The molecular formula is C19H12O5. The fourth-order valence-electron chi connectivity index (χ4n) is 2.74. The van der Waals surface area contributed by atoms with Crippen LogP contribution in [0.3, 0.4) is 0 Å². The molecule has 0 aliphatic rings. The van der Waals surface area contributed by atoms with E-state index in [9.17, 15) is 9.59 Å². The summed E-state index contributed by atoms with van der Waals surface area (Å²) in [7, 11) is 0. The summed E-state index contributed by atoms with van der Waals surface area (Å²) >= 11 is 0. The molecule has 24 heavy (non-hydrogen) atoms. The lowest BCUT2D eigenvalue weighted by atomic mass is 10.0. The molecule has 0 spiro atoms. The van der Waals surface area contributed by atoms with Crippen molar-refractivity contribution in [3.05, 3.63) is 82.6 Å². The monoisotopic (exact) mass is 320 g/mol. The third kappa shape index (κ3) is 2.46. The van der Waals surface area contributed by atoms with Crippen molar-refractivity contribution in [1.82, 2.24) is 0 Å². The summed E-state index contributed by atoms with van der Waals surface area (Å²) in [5.41, 5.74) is 0.574. The molecule has 4 rings (SSSR count). The second-order valence-corrected chi connectivity index (χ2v) is 5.30. The van der Waals surface area contributed by atoms with Gasteiger partial charge in [-0.2, -0.15) is 0 Å². The Balaban J connectivity index is 1.80. The van der Waals surface area contributed by atoms with E-state index >= 15 is 0 Å². The molecule has 0 amide bonds. The van der Waals surface area contributed by atoms with Crippen LogP contribution in [0.15, 0.2) is 74.5 Å². The summed E-state index contributed by atoms with van der Waals surface area (Å²) in [6.07, 6.45) is 1.40. The number of esters is 1. The SMILES string of the molecule is O=C(OCc1cc(=O)oc2ccc3ccccc3c12)c1ccco1. The van der Waals surface area contributed by atoms with Gasteiger partial charge in [0.2, 0.25) is 5.76 Å². The molecule has 0 atom stereocenters. The van der Waals surface area contributed by atoms with Gasteiger partial charge in [0.15, 0.2) is 0 Å². The lowest BCUT2D eigenvalue weighted by Crippen LogP contribution is -2.07. The standard InChI is InChI=1S/C19H12O5/c20-17-10-13(11-23-19(21)16-6-3-9-22-16)18-14-5-2-1-4-12(14)7-8-15(18)24-17/h1-10H,11H2. The van der Waals surface area contributed by atoms with Crippen molar-refractivity contribution in [2.45, 2.75) is 6.61 Å². The zero-order chi connectivity index (χ0) is 16.5. The van der Waals surface area contributed by atoms with E-state index in [1.54, 1.807) is 12.1 Å². The maximum atomic E-state index is 11.9. The van der Waals surface area contributed by atoms with Crippen LogP contribution in [-0.2, 0) is 11.3 Å². The van der Waals surface area contributed by atoms with Gasteiger partial charge in [-0.05, 0) is 29.0 Å². The first-order valence-corrected chi connectivity index (χ1v) is 7.37. The first-order valence-electron chi connectivity index (χ1n) is 7.37. The van der Waals surface area contributed by atoms with Gasteiger partial charge in [-0.3, -0.25) is 0 Å². The van der Waals surface area contributed by atoms with E-state index in [1.165, 1.54) is 18.4 Å². The van der Waals surface area contributed by atoms with Crippen LogP contribution in [0.25, 0.3) is 21.7 Å². The van der Waals surface area contributed by atoms with E-state index in [0.29, 0.717) is 11.1 Å². The molecule has 0 saturated heterocycles. The fourth-order valence-corrected chi connectivity index (χ4v) is 2.74. The van der Waals surface area contributed by atoms with E-state index in [-0.39, 0.29) is 12.4 Å². The topological polar surface area (TPSA) is 69.7 Å². The number of hydrogen-bond acceptors (Lipinski definition) is 5. The molecule has 0 unspecified atom stereocenters. The summed E-state index contributed by atoms with van der Waals surface area (Å²) in [6.45, 7) is -0.0460. The molecule has 0 aliphatic carbocycles. The fraction of sp³-hybridized carbons (Fsp3) is 0.0526. The molecule has 2 heterocycles. The number of rotatable bonds is 3. The molecule has 0 bridgehead atoms. The van der Waals surface area contributed by atoms with Crippen molar-refractivity contribution >= 4 is 27.7 Å². The normalized spacial score (nSPS) is 11.0. The Morgan fingerprint density at radius 1 is 1.04 bits per heavy atom. The van der Waals surface area contributed by atoms with Gasteiger partial charge < -0.3 is 13.6 Å². The van der Waals surface area contributed by atoms with Crippen molar-refractivity contribution in [3.8, 4) is 0 Å². The van der Waals surface area contributed by atoms with E-state index in [1.807, 2.05) is 30.3 Å². The smallest absolute Gasteiger partial charge is 0.374 e. The molecular weight excluding hydrogens is 308 g/mol. The zero-order valence-electron chi connectivity index (χ0n) is 12.5. The molecule has 5 nitrogen and oxygen atoms in total. The van der Waals surface area contributed by atoms with Crippen molar-refractivity contribution in [1.29, 1.82) is 0 Å². The minimum Gasteiger partial charge on any atom is -0.457 e. The van der Waals surface area contributed by atoms with Gasteiger partial charge in [0.1, 0.15) is 12.2 Å². The Kier molecular flexibility index (Phi) is 3.39. The highest BCUT2D eigenvalue weighted by molar-refractivity contribution is 6.07. The molecule has 0 aliphatic heterocycles. The van der Waals surface area contributed by atoms with Gasteiger partial charge in [0, 0.05) is 17.0 Å². The Morgan fingerprint density at radius 3 is 2.75 bits per heavy atom. The van der Waals surface area contributed by atoms with E-state index < -0.39 is 11.6 Å². The van der Waals surface area contributed by atoms with Crippen LogP contribution in [0.4, 0.5) is 0 Å². The van der Waals surface area contributed by atoms with Crippen molar-refractivity contribution < 1.29 is 18.4 Å². The number of hydrogen-bond donors (Lipinski definition) is 0. The highest BCUT2D eigenvalue weighted by Crippen LogP contribution is 2.27. The Morgan fingerprint density at radius 2 is 1.92 bits per heavy atom. The van der Waals surface area contributed by atoms with Gasteiger partial charge in [-0.1, -0.05) is 30.3 Å². The highest BCUT2D eigenvalue weighted by atomic mass is 16.5. The average molecular weight is 320 g/mol. The second-order valence-electron chi connectivity index (χ2n) is 5.30. The zero-order valence-corrected chi connectivity index (χ0v) is 12.5. The maximum Gasteiger partial charge on any atom is 0.374 e. The number of furan rings is 1. The number of carbonyl (C=O) groups is 1. The maximum absolute atomic E-state index is 11.9. The Bertz CT molecular complexity index is 1090. The molecule has 2 aromatic heterocycles. The number of fused-ring (bicyclic) bond motifs is 3. The summed E-state index contributed by atoms with van der Waals surface area (Å²) in [5.74, 6) is -0.464. The van der Waals surface area contributed by atoms with E-state index in [4.69, 9.17) is 13.6 Å². The summed E-state index contributed by atoms with van der Waals surface area (Å²) in [4.78, 5) is 23.7. The molecule has 118 valence electrons. The highest BCUT2D eigenvalue weighted by Gasteiger charge is 2.14. The van der Waals surface area contributed by atoms with Crippen molar-refractivity contribution in [3.63, 3.8) is 0 Å². The predicted molar refractivity (Wildman–Crippen MR) is 87.8 cm³/mol. The molecule has 0 saturated carbocycles. The van der Waals surface area contributed by atoms with E-state index in [0.717, 1.165) is 16.2 Å². The van der Waals surface area contributed by atoms with Gasteiger partial charge in [-0.25, -0.2) is 9.59 Å². The quantitative estimate of drug-likeness (QED) is 0.325. The summed E-state index contributed by atoms with van der Waals surface area (Å²) < 4.78 is 15.6. The lowest BCUT2D eigenvalue weighted by Gasteiger charge is -2.09. The minimum atomic E-state index is -0.582. The number of carbonyl (C=O) groups excluding carboxylic acids is 1. The third-order valence-electron chi connectivity index (χ3n) is 3.80. The van der Waals surface area contributed by atoms with Crippen molar-refractivity contribution in [2.75, 3.05) is 0 Å². The second kappa shape index (κ2) is 5.70. The Hall–Kier alpha value is -3.34. The van der Waals surface area contributed by atoms with Crippen LogP contribution in [0.5, 0.6) is 0 Å². The van der Waals surface area contributed by atoms with Gasteiger partial charge in [0.05, 0.1) is 6.26 Å². The largest absolute Gasteiger partial charge is 0.457 e. The predicted octanol–water partition coefficient (Wildman–Crippen LogP) is 3.90. The summed E-state index contributed by atoms with van der Waals surface area (Å²) in [5, 5.41) is 2.71. The summed E-state index contributed by atoms with van der Waals surface area (Å²) in [6, 6.07) is 15.9. The van der Waals surface area contributed by atoms with Gasteiger partial charge >= 0.3 is 11.6 Å². The molecule has 5 heteroatoms. The minimum absolute atomic E-state index is 0.0460. The molecule has 0 N–H and O–H groups in total. The Labute approximate surface area is 136 Å². The van der Waals surface area contributed by atoms with Crippen LogP contribution in [0.1, 0.15) is 16.1 Å². The van der Waals surface area contributed by atoms with Gasteiger partial charge in [-0.15, -0.1) is 0 Å². The van der Waals surface area contributed by atoms with Crippen LogP contribution < -0.4 is 5.63 Å². The molecule has 0 fully saturated rings.